The Balaban J connectivity index is 0.00000210. The molecule has 1 aliphatic rings. The zero-order valence-electron chi connectivity index (χ0n) is 16.2. The maximum absolute atomic E-state index is 6.00. The van der Waals surface area contributed by atoms with Crippen molar-refractivity contribution in [2.24, 2.45) is 0 Å². The molecule has 0 unspecified atom stereocenters. The van der Waals surface area contributed by atoms with Crippen LogP contribution in [0.2, 0.25) is 0 Å². The molecule has 0 aliphatic carbocycles. The molecule has 0 amide bonds. The van der Waals surface area contributed by atoms with E-state index in [0.29, 0.717) is 0 Å². The van der Waals surface area contributed by atoms with E-state index in [-0.39, 0.29) is 12.4 Å². The van der Waals surface area contributed by atoms with E-state index in [1.807, 2.05) is 0 Å². The van der Waals surface area contributed by atoms with Crippen LogP contribution in [-0.2, 0) is 19.3 Å². The summed E-state index contributed by atoms with van der Waals surface area (Å²) < 4.78 is 6.00. The molecule has 0 bridgehead atoms. The first-order valence-electron chi connectivity index (χ1n) is 9.74. The van der Waals surface area contributed by atoms with Crippen LogP contribution in [-0.4, -0.2) is 24.7 Å². The highest BCUT2D eigenvalue weighted by molar-refractivity contribution is 5.88. The molecular weight excluding hydrogens is 356 g/mol. The van der Waals surface area contributed by atoms with Crippen LogP contribution < -0.4 is 10.1 Å². The quantitative estimate of drug-likeness (QED) is 0.613. The Morgan fingerprint density at radius 3 is 2.59 bits per heavy atom. The zero-order valence-corrected chi connectivity index (χ0v) is 17.0. The Bertz CT molecular complexity index is 896. The number of aromatic amines is 1. The van der Waals surface area contributed by atoms with Gasteiger partial charge in [-0.15, -0.1) is 12.4 Å². The van der Waals surface area contributed by atoms with Crippen LogP contribution in [0.25, 0.3) is 10.9 Å². The van der Waals surface area contributed by atoms with Gasteiger partial charge in [0.05, 0.1) is 6.61 Å². The third kappa shape index (κ3) is 4.48. The first-order chi connectivity index (χ1) is 12.7. The Hall–Kier alpha value is -1.97. The number of fused-ring (bicyclic) bond motifs is 3. The summed E-state index contributed by atoms with van der Waals surface area (Å²) in [4.78, 5) is 3.65. The lowest BCUT2D eigenvalue weighted by atomic mass is 9.99. The second-order valence-electron chi connectivity index (χ2n) is 7.45. The molecule has 0 atom stereocenters. The summed E-state index contributed by atoms with van der Waals surface area (Å²) in [5, 5.41) is 4.96. The molecule has 0 fully saturated rings. The number of rotatable bonds is 5. The van der Waals surface area contributed by atoms with E-state index in [9.17, 15) is 0 Å². The van der Waals surface area contributed by atoms with Crippen molar-refractivity contribution in [1.82, 2.24) is 10.3 Å². The molecule has 4 heteroatoms. The van der Waals surface area contributed by atoms with Crippen LogP contribution in [0.15, 0.2) is 36.4 Å². The topological polar surface area (TPSA) is 37.0 Å². The van der Waals surface area contributed by atoms with Crippen molar-refractivity contribution in [3.8, 4) is 5.75 Å². The highest BCUT2D eigenvalue weighted by atomic mass is 35.5. The van der Waals surface area contributed by atoms with Gasteiger partial charge in [-0.25, -0.2) is 0 Å². The third-order valence-corrected chi connectivity index (χ3v) is 5.26. The van der Waals surface area contributed by atoms with Gasteiger partial charge in [0.25, 0.3) is 0 Å². The van der Waals surface area contributed by atoms with E-state index in [0.717, 1.165) is 51.1 Å². The number of hydrogen-bond donors (Lipinski definition) is 2. The largest absolute Gasteiger partial charge is 0.494 e. The van der Waals surface area contributed by atoms with Crippen molar-refractivity contribution in [2.45, 2.75) is 39.5 Å². The van der Waals surface area contributed by atoms with Crippen LogP contribution in [0.1, 0.15) is 34.4 Å². The zero-order chi connectivity index (χ0) is 17.9. The normalized spacial score (nSPS) is 13.7. The maximum Gasteiger partial charge on any atom is 0.119 e. The molecule has 2 heterocycles. The fourth-order valence-electron chi connectivity index (χ4n) is 4.17. The summed E-state index contributed by atoms with van der Waals surface area (Å²) in [6.07, 6.45) is 4.30. The third-order valence-electron chi connectivity index (χ3n) is 5.26. The smallest absolute Gasteiger partial charge is 0.119 e. The molecule has 1 aromatic heterocycles. The summed E-state index contributed by atoms with van der Waals surface area (Å²) >= 11 is 0. The van der Waals surface area contributed by atoms with E-state index < -0.39 is 0 Å². The van der Waals surface area contributed by atoms with Gasteiger partial charge in [0.2, 0.25) is 0 Å². The van der Waals surface area contributed by atoms with E-state index in [2.05, 4.69) is 60.5 Å². The van der Waals surface area contributed by atoms with Gasteiger partial charge < -0.3 is 15.0 Å². The molecule has 144 valence electrons. The lowest BCUT2D eigenvalue weighted by Gasteiger charge is -2.10. The van der Waals surface area contributed by atoms with Gasteiger partial charge in [-0.1, -0.05) is 18.2 Å². The Labute approximate surface area is 167 Å². The van der Waals surface area contributed by atoms with Crippen molar-refractivity contribution < 1.29 is 4.74 Å². The summed E-state index contributed by atoms with van der Waals surface area (Å²) in [5.41, 5.74) is 8.21. The maximum atomic E-state index is 6.00. The number of benzene rings is 2. The van der Waals surface area contributed by atoms with Crippen molar-refractivity contribution in [3.05, 3.63) is 64.3 Å². The van der Waals surface area contributed by atoms with Gasteiger partial charge in [-0.2, -0.15) is 0 Å². The molecule has 2 aromatic carbocycles. The summed E-state index contributed by atoms with van der Waals surface area (Å²) in [5.74, 6) is 0.988. The highest BCUT2D eigenvalue weighted by Crippen LogP contribution is 2.28. The Kier molecular flexibility index (Phi) is 6.46. The van der Waals surface area contributed by atoms with E-state index in [1.54, 1.807) is 0 Å². The molecule has 2 N–H and O–H groups in total. The predicted molar refractivity (Wildman–Crippen MR) is 116 cm³/mol. The number of aryl methyl sites for hydroxylation is 3. The lowest BCUT2D eigenvalue weighted by molar-refractivity contribution is 0.311. The van der Waals surface area contributed by atoms with Gasteiger partial charge in [0.15, 0.2) is 0 Å². The fraction of sp³-hybridized carbons (Fsp3) is 0.391. The van der Waals surface area contributed by atoms with Crippen LogP contribution in [0.5, 0.6) is 5.75 Å². The lowest BCUT2D eigenvalue weighted by Crippen LogP contribution is -2.16. The SMILES string of the molecule is Cc1cc(C)cc(OCCCc2cccc3[nH]c4c(c23)CCNCC4)c1.Cl. The van der Waals surface area contributed by atoms with Crippen LogP contribution in [0.4, 0.5) is 0 Å². The number of H-pyrrole nitrogens is 1. The first kappa shape index (κ1) is 19.8. The van der Waals surface area contributed by atoms with Gasteiger partial charge in [0, 0.05) is 29.6 Å². The molecule has 0 saturated carbocycles. The van der Waals surface area contributed by atoms with Gasteiger partial charge in [-0.05, 0) is 80.1 Å². The minimum atomic E-state index is 0. The average molecular weight is 385 g/mol. The second-order valence-corrected chi connectivity index (χ2v) is 7.45. The average Bonchev–Trinajstić information content (AvgIpc) is 2.80. The van der Waals surface area contributed by atoms with Crippen molar-refractivity contribution >= 4 is 23.3 Å². The van der Waals surface area contributed by atoms with Crippen LogP contribution in [0.3, 0.4) is 0 Å². The molecule has 1 aliphatic heterocycles. The van der Waals surface area contributed by atoms with Crippen molar-refractivity contribution in [3.63, 3.8) is 0 Å². The van der Waals surface area contributed by atoms with E-state index in [4.69, 9.17) is 4.74 Å². The summed E-state index contributed by atoms with van der Waals surface area (Å²) in [7, 11) is 0. The highest BCUT2D eigenvalue weighted by Gasteiger charge is 2.16. The van der Waals surface area contributed by atoms with Gasteiger partial charge >= 0.3 is 0 Å². The second kappa shape index (κ2) is 8.81. The monoisotopic (exact) mass is 384 g/mol. The Morgan fingerprint density at radius 1 is 1.00 bits per heavy atom. The van der Waals surface area contributed by atoms with Gasteiger partial charge in [-0.3, -0.25) is 0 Å². The molecule has 0 spiro atoms. The number of ether oxygens (including phenoxy) is 1. The standard InChI is InChI=1S/C23H28N2O.ClH/c1-16-13-17(2)15-19(14-16)26-12-4-6-18-5-3-7-22-23(18)20-8-10-24-11-9-21(20)25-22;/h3,5,7,13-15,24-25H,4,6,8-12H2,1-2H3;1H. The molecule has 3 nitrogen and oxygen atoms in total. The fourth-order valence-corrected chi connectivity index (χ4v) is 4.17. The van der Waals surface area contributed by atoms with E-state index in [1.165, 1.54) is 38.9 Å². The van der Waals surface area contributed by atoms with Crippen molar-refractivity contribution in [1.29, 1.82) is 0 Å². The summed E-state index contributed by atoms with van der Waals surface area (Å²) in [6.45, 7) is 7.14. The predicted octanol–water partition coefficient (Wildman–Crippen LogP) is 4.91. The molecule has 3 aromatic rings. The molecule has 27 heavy (non-hydrogen) atoms. The van der Waals surface area contributed by atoms with Crippen molar-refractivity contribution in [2.75, 3.05) is 19.7 Å². The van der Waals surface area contributed by atoms with E-state index >= 15 is 0 Å². The van der Waals surface area contributed by atoms with Gasteiger partial charge in [0.1, 0.15) is 5.75 Å². The number of nitrogens with one attached hydrogen (secondary N) is 2. The molecule has 0 saturated heterocycles. The Morgan fingerprint density at radius 2 is 1.78 bits per heavy atom. The molecule has 0 radical (unpaired) electrons. The number of hydrogen-bond acceptors (Lipinski definition) is 2. The minimum Gasteiger partial charge on any atom is -0.494 e. The molecule has 4 rings (SSSR count). The van der Waals surface area contributed by atoms with Crippen LogP contribution >= 0.6 is 12.4 Å². The number of halogens is 1. The number of aromatic nitrogens is 1. The molecular formula is C23H29ClN2O. The minimum absolute atomic E-state index is 0. The first-order valence-corrected chi connectivity index (χ1v) is 9.74. The van der Waals surface area contributed by atoms with Crippen LogP contribution in [0, 0.1) is 13.8 Å². The summed E-state index contributed by atoms with van der Waals surface area (Å²) in [6, 6.07) is 13.1.